The highest BCUT2D eigenvalue weighted by atomic mass is 16.5. The molecule has 1 fully saturated rings. The molecule has 0 amide bonds. The normalized spacial score (nSPS) is 23.7. The van der Waals surface area contributed by atoms with Crippen molar-refractivity contribution < 1.29 is 4.74 Å². The molecule has 1 aromatic rings. The van der Waals surface area contributed by atoms with E-state index in [-0.39, 0.29) is 0 Å². The van der Waals surface area contributed by atoms with Gasteiger partial charge in [-0.05, 0) is 31.9 Å². The van der Waals surface area contributed by atoms with Crippen molar-refractivity contribution in [3.63, 3.8) is 0 Å². The highest BCUT2D eigenvalue weighted by Gasteiger charge is 2.29. The molecule has 0 radical (unpaired) electrons. The lowest BCUT2D eigenvalue weighted by Gasteiger charge is -2.30. The Bertz CT molecular complexity index is 342. The topological polar surface area (TPSA) is 38.5 Å². The fraction of sp³-hybridized carbons (Fsp3) is 0.600. The molecule has 2 rings (SSSR count). The van der Waals surface area contributed by atoms with Crippen LogP contribution in [0.3, 0.4) is 0 Å². The first kappa shape index (κ1) is 13.5. The Hall–Kier alpha value is -0.900. The van der Waals surface area contributed by atoms with Gasteiger partial charge in [0.1, 0.15) is 0 Å². The summed E-state index contributed by atoms with van der Waals surface area (Å²) < 4.78 is 5.69. The lowest BCUT2D eigenvalue weighted by atomic mass is 10.1. The Morgan fingerprint density at radius 3 is 2.72 bits per heavy atom. The molecule has 1 aliphatic rings. The van der Waals surface area contributed by atoms with Crippen molar-refractivity contribution in [1.29, 1.82) is 0 Å². The largest absolute Gasteiger partial charge is 0.377 e. The van der Waals surface area contributed by atoms with Crippen LogP contribution in [0.4, 0.5) is 0 Å². The van der Waals surface area contributed by atoms with Crippen molar-refractivity contribution in [2.75, 3.05) is 19.7 Å². The number of benzene rings is 1. The molecule has 2 unspecified atom stereocenters. The zero-order valence-electron chi connectivity index (χ0n) is 11.2. The fourth-order valence-corrected chi connectivity index (χ4v) is 2.67. The summed E-state index contributed by atoms with van der Waals surface area (Å²) in [7, 11) is 0. The van der Waals surface area contributed by atoms with E-state index in [2.05, 4.69) is 42.2 Å². The second-order valence-corrected chi connectivity index (χ2v) is 5.03. The highest BCUT2D eigenvalue weighted by molar-refractivity contribution is 5.14. The van der Waals surface area contributed by atoms with E-state index in [1.807, 2.05) is 0 Å². The summed E-state index contributed by atoms with van der Waals surface area (Å²) in [6, 6.07) is 11.2. The Labute approximate surface area is 110 Å². The maximum Gasteiger partial charge on any atom is 0.0703 e. The maximum atomic E-state index is 5.69. The molecule has 1 saturated heterocycles. The predicted molar refractivity (Wildman–Crippen MR) is 74.3 cm³/mol. The summed E-state index contributed by atoms with van der Waals surface area (Å²) in [6.07, 6.45) is 2.53. The van der Waals surface area contributed by atoms with Crippen molar-refractivity contribution in [2.24, 2.45) is 5.73 Å². The minimum atomic E-state index is 0.339. The van der Waals surface area contributed by atoms with Crippen molar-refractivity contribution in [3.8, 4) is 0 Å². The van der Waals surface area contributed by atoms with Gasteiger partial charge < -0.3 is 10.5 Å². The number of ether oxygens (including phenoxy) is 1. The van der Waals surface area contributed by atoms with Gasteiger partial charge in [0, 0.05) is 25.7 Å². The average molecular weight is 248 g/mol. The zero-order chi connectivity index (χ0) is 12.8. The van der Waals surface area contributed by atoms with Gasteiger partial charge in [-0.3, -0.25) is 4.90 Å². The molecule has 0 aliphatic carbocycles. The van der Waals surface area contributed by atoms with E-state index >= 15 is 0 Å². The molecule has 1 aromatic carbocycles. The minimum absolute atomic E-state index is 0.339. The van der Waals surface area contributed by atoms with E-state index in [4.69, 9.17) is 10.5 Å². The molecule has 3 heteroatoms. The molecule has 2 N–H and O–H groups in total. The number of rotatable bonds is 6. The lowest BCUT2D eigenvalue weighted by Crippen LogP contribution is -2.40. The van der Waals surface area contributed by atoms with Gasteiger partial charge in [0.25, 0.3) is 0 Å². The monoisotopic (exact) mass is 248 g/mol. The first-order valence-corrected chi connectivity index (χ1v) is 6.91. The van der Waals surface area contributed by atoms with Gasteiger partial charge in [-0.2, -0.15) is 0 Å². The Morgan fingerprint density at radius 2 is 2.11 bits per heavy atom. The SMILES string of the molecule is CC1OCCC1N(CCCN)Cc1ccccc1. The third-order valence-electron chi connectivity index (χ3n) is 3.68. The maximum absolute atomic E-state index is 5.69. The lowest BCUT2D eigenvalue weighted by molar-refractivity contribution is 0.0704. The Kier molecular flexibility index (Phi) is 5.17. The van der Waals surface area contributed by atoms with E-state index < -0.39 is 0 Å². The Balaban J connectivity index is 2.00. The summed E-state index contributed by atoms with van der Waals surface area (Å²) in [5, 5.41) is 0. The zero-order valence-corrected chi connectivity index (χ0v) is 11.2. The van der Waals surface area contributed by atoms with Crippen LogP contribution in [0.1, 0.15) is 25.3 Å². The molecular formula is C15H24N2O. The number of hydrogen-bond donors (Lipinski definition) is 1. The molecule has 0 bridgehead atoms. The predicted octanol–water partition coefficient (Wildman–Crippen LogP) is 2.01. The summed E-state index contributed by atoms with van der Waals surface area (Å²) in [5.41, 5.74) is 7.01. The molecule has 1 aliphatic heterocycles. The molecule has 100 valence electrons. The third kappa shape index (κ3) is 3.55. The number of nitrogens with zero attached hydrogens (tertiary/aromatic N) is 1. The standard InChI is InChI=1S/C15H24N2O/c1-13-15(8-11-18-13)17(10-5-9-16)12-14-6-3-2-4-7-14/h2-4,6-7,13,15H,5,8-12,16H2,1H3. The molecular weight excluding hydrogens is 224 g/mol. The van der Waals surface area contributed by atoms with Gasteiger partial charge >= 0.3 is 0 Å². The molecule has 1 heterocycles. The van der Waals surface area contributed by atoms with Crippen LogP contribution in [0.5, 0.6) is 0 Å². The van der Waals surface area contributed by atoms with Crippen LogP contribution < -0.4 is 5.73 Å². The smallest absolute Gasteiger partial charge is 0.0703 e. The molecule has 2 atom stereocenters. The average Bonchev–Trinajstić information content (AvgIpc) is 2.82. The van der Waals surface area contributed by atoms with Crippen molar-refractivity contribution in [1.82, 2.24) is 4.90 Å². The quantitative estimate of drug-likeness (QED) is 0.837. The molecule has 0 saturated carbocycles. The van der Waals surface area contributed by atoms with Gasteiger partial charge in [-0.1, -0.05) is 30.3 Å². The van der Waals surface area contributed by atoms with Crippen molar-refractivity contribution in [3.05, 3.63) is 35.9 Å². The second-order valence-electron chi connectivity index (χ2n) is 5.03. The van der Waals surface area contributed by atoms with E-state index in [1.54, 1.807) is 0 Å². The van der Waals surface area contributed by atoms with Crippen molar-refractivity contribution >= 4 is 0 Å². The summed E-state index contributed by atoms with van der Waals surface area (Å²) in [4.78, 5) is 2.53. The van der Waals surface area contributed by atoms with E-state index in [1.165, 1.54) is 5.56 Å². The van der Waals surface area contributed by atoms with Crippen LogP contribution in [0.15, 0.2) is 30.3 Å². The van der Waals surface area contributed by atoms with Crippen LogP contribution in [0.2, 0.25) is 0 Å². The number of hydrogen-bond acceptors (Lipinski definition) is 3. The van der Waals surface area contributed by atoms with Gasteiger partial charge in [0.05, 0.1) is 6.10 Å². The van der Waals surface area contributed by atoms with Crippen LogP contribution >= 0.6 is 0 Å². The van der Waals surface area contributed by atoms with E-state index in [9.17, 15) is 0 Å². The van der Waals surface area contributed by atoms with Crippen LogP contribution in [-0.2, 0) is 11.3 Å². The van der Waals surface area contributed by atoms with Crippen LogP contribution in [0.25, 0.3) is 0 Å². The summed E-state index contributed by atoms with van der Waals surface area (Å²) in [6.45, 7) is 5.88. The first-order chi connectivity index (χ1) is 8.81. The minimum Gasteiger partial charge on any atom is -0.377 e. The van der Waals surface area contributed by atoms with Crippen molar-refractivity contribution in [2.45, 2.75) is 38.5 Å². The summed E-state index contributed by atoms with van der Waals surface area (Å²) >= 11 is 0. The third-order valence-corrected chi connectivity index (χ3v) is 3.68. The van der Waals surface area contributed by atoms with Gasteiger partial charge in [0.15, 0.2) is 0 Å². The highest BCUT2D eigenvalue weighted by Crippen LogP contribution is 2.21. The summed E-state index contributed by atoms with van der Waals surface area (Å²) in [5.74, 6) is 0. The first-order valence-electron chi connectivity index (χ1n) is 6.91. The molecule has 0 aromatic heterocycles. The van der Waals surface area contributed by atoms with Crippen LogP contribution in [0, 0.1) is 0 Å². The fourth-order valence-electron chi connectivity index (χ4n) is 2.67. The van der Waals surface area contributed by atoms with Crippen LogP contribution in [-0.4, -0.2) is 36.7 Å². The van der Waals surface area contributed by atoms with Gasteiger partial charge in [0.2, 0.25) is 0 Å². The van der Waals surface area contributed by atoms with E-state index in [0.717, 1.165) is 39.1 Å². The molecule has 3 nitrogen and oxygen atoms in total. The molecule has 18 heavy (non-hydrogen) atoms. The second kappa shape index (κ2) is 6.88. The molecule has 0 spiro atoms. The Morgan fingerprint density at radius 1 is 1.33 bits per heavy atom. The van der Waals surface area contributed by atoms with Gasteiger partial charge in [-0.15, -0.1) is 0 Å². The van der Waals surface area contributed by atoms with E-state index in [0.29, 0.717) is 12.1 Å². The number of nitrogens with two attached hydrogens (primary N) is 1. The van der Waals surface area contributed by atoms with Gasteiger partial charge in [-0.25, -0.2) is 0 Å².